The maximum absolute atomic E-state index is 12.2. The van der Waals surface area contributed by atoms with Crippen LogP contribution in [0.2, 0.25) is 0 Å². The maximum Gasteiger partial charge on any atom is 0.308 e. The van der Waals surface area contributed by atoms with Crippen LogP contribution in [0.25, 0.3) is 0 Å². The fourth-order valence-corrected chi connectivity index (χ4v) is 3.12. The number of ether oxygens (including phenoxy) is 1. The molecule has 21 heavy (non-hydrogen) atoms. The number of hydrogen-bond acceptors (Lipinski definition) is 5. The van der Waals surface area contributed by atoms with Gasteiger partial charge in [-0.15, -0.1) is 11.3 Å². The zero-order valence-electron chi connectivity index (χ0n) is 12.0. The third kappa shape index (κ3) is 4.80. The molecule has 0 aromatic carbocycles. The van der Waals surface area contributed by atoms with Gasteiger partial charge in [0.25, 0.3) is 0 Å². The average Bonchev–Trinajstić information content (AvgIpc) is 2.91. The van der Waals surface area contributed by atoms with Gasteiger partial charge in [0.1, 0.15) is 0 Å². The number of carboxylic acids is 1. The van der Waals surface area contributed by atoms with Crippen LogP contribution >= 0.6 is 11.3 Å². The Morgan fingerprint density at radius 3 is 2.71 bits per heavy atom. The van der Waals surface area contributed by atoms with E-state index in [0.29, 0.717) is 32.8 Å². The van der Waals surface area contributed by atoms with E-state index in [4.69, 9.17) is 9.84 Å². The van der Waals surface area contributed by atoms with Crippen LogP contribution in [-0.4, -0.2) is 54.2 Å². The highest BCUT2D eigenvalue weighted by Gasteiger charge is 2.22. The summed E-state index contributed by atoms with van der Waals surface area (Å²) in [5.41, 5.74) is 0. The average molecular weight is 312 g/mol. The molecule has 1 aromatic heterocycles. The van der Waals surface area contributed by atoms with E-state index < -0.39 is 5.97 Å². The fourth-order valence-electron chi connectivity index (χ4n) is 2.16. The molecule has 1 atom stereocenters. The van der Waals surface area contributed by atoms with Gasteiger partial charge in [-0.2, -0.15) is 0 Å². The second-order valence-corrected chi connectivity index (χ2v) is 6.23. The molecule has 7 heteroatoms. The Morgan fingerprint density at radius 2 is 2.05 bits per heavy atom. The smallest absolute Gasteiger partial charge is 0.308 e. The maximum atomic E-state index is 12.2. The van der Waals surface area contributed by atoms with E-state index in [2.05, 4.69) is 5.32 Å². The molecule has 1 aliphatic heterocycles. The van der Waals surface area contributed by atoms with E-state index in [1.54, 1.807) is 0 Å². The van der Waals surface area contributed by atoms with Gasteiger partial charge in [-0.25, -0.2) is 0 Å². The lowest BCUT2D eigenvalue weighted by Gasteiger charge is -2.29. The molecule has 6 nitrogen and oxygen atoms in total. The number of carboxylic acid groups (broad SMARTS) is 1. The van der Waals surface area contributed by atoms with E-state index in [-0.39, 0.29) is 18.4 Å². The van der Waals surface area contributed by atoms with Crippen molar-refractivity contribution in [2.24, 2.45) is 0 Å². The number of carbonyl (C=O) groups is 2. The SMILES string of the molecule is CC(NCc1ccc(CC(=O)O)s1)C(=O)N1CCOCC1. The van der Waals surface area contributed by atoms with Crippen LogP contribution in [0.4, 0.5) is 0 Å². The van der Waals surface area contributed by atoms with Crippen molar-refractivity contribution in [2.45, 2.75) is 25.9 Å². The van der Waals surface area contributed by atoms with Crippen molar-refractivity contribution in [2.75, 3.05) is 26.3 Å². The predicted molar refractivity (Wildman–Crippen MR) is 79.4 cm³/mol. The number of rotatable bonds is 6. The Labute approximate surface area is 127 Å². The summed E-state index contributed by atoms with van der Waals surface area (Å²) in [5.74, 6) is -0.743. The van der Waals surface area contributed by atoms with E-state index in [1.165, 1.54) is 11.3 Å². The minimum absolute atomic E-state index is 0.0485. The standard InChI is InChI=1S/C14H20N2O4S/c1-10(14(19)16-4-6-20-7-5-16)15-9-12-3-2-11(21-12)8-13(17)18/h2-3,10,15H,4-9H2,1H3,(H,17,18). The molecule has 1 unspecified atom stereocenters. The normalized spacial score (nSPS) is 16.7. The first-order valence-corrected chi connectivity index (χ1v) is 7.77. The summed E-state index contributed by atoms with van der Waals surface area (Å²) in [6.45, 7) is 4.91. The van der Waals surface area contributed by atoms with Crippen molar-refractivity contribution in [1.82, 2.24) is 10.2 Å². The molecule has 1 amide bonds. The first-order valence-electron chi connectivity index (χ1n) is 6.95. The van der Waals surface area contributed by atoms with Crippen LogP contribution in [0.5, 0.6) is 0 Å². The van der Waals surface area contributed by atoms with Crippen LogP contribution in [0, 0.1) is 0 Å². The molecule has 2 rings (SSSR count). The molecule has 0 saturated carbocycles. The van der Waals surface area contributed by atoms with Gasteiger partial charge < -0.3 is 20.1 Å². The van der Waals surface area contributed by atoms with Crippen molar-refractivity contribution in [1.29, 1.82) is 0 Å². The molecular formula is C14H20N2O4S. The van der Waals surface area contributed by atoms with Crippen LogP contribution < -0.4 is 5.32 Å². The lowest BCUT2D eigenvalue weighted by Crippen LogP contribution is -2.48. The van der Waals surface area contributed by atoms with Crippen molar-refractivity contribution < 1.29 is 19.4 Å². The Bertz CT molecular complexity index is 497. The van der Waals surface area contributed by atoms with Crippen LogP contribution in [-0.2, 0) is 27.3 Å². The number of thiophene rings is 1. The Kier molecular flexibility index (Phi) is 5.72. The summed E-state index contributed by atoms with van der Waals surface area (Å²) < 4.78 is 5.23. The summed E-state index contributed by atoms with van der Waals surface area (Å²) in [5, 5.41) is 11.9. The van der Waals surface area contributed by atoms with Crippen LogP contribution in [0.3, 0.4) is 0 Å². The van der Waals surface area contributed by atoms with Crippen LogP contribution in [0.15, 0.2) is 12.1 Å². The monoisotopic (exact) mass is 312 g/mol. The fraction of sp³-hybridized carbons (Fsp3) is 0.571. The Balaban J connectivity index is 1.80. The van der Waals surface area contributed by atoms with Crippen molar-refractivity contribution >= 4 is 23.2 Å². The van der Waals surface area contributed by atoms with Gasteiger partial charge in [0.2, 0.25) is 5.91 Å². The van der Waals surface area contributed by atoms with E-state index in [0.717, 1.165) is 9.75 Å². The summed E-state index contributed by atoms with van der Waals surface area (Å²) in [6.07, 6.45) is 0.0485. The van der Waals surface area contributed by atoms with Crippen molar-refractivity contribution in [3.63, 3.8) is 0 Å². The molecule has 2 heterocycles. The molecule has 0 aliphatic carbocycles. The van der Waals surface area contributed by atoms with Gasteiger partial charge in [-0.05, 0) is 19.1 Å². The number of aliphatic carboxylic acids is 1. The van der Waals surface area contributed by atoms with Gasteiger partial charge in [-0.3, -0.25) is 9.59 Å². The number of nitrogens with one attached hydrogen (secondary N) is 1. The number of nitrogens with zero attached hydrogens (tertiary/aromatic N) is 1. The lowest BCUT2D eigenvalue weighted by atomic mass is 10.2. The van der Waals surface area contributed by atoms with E-state index in [9.17, 15) is 9.59 Å². The second kappa shape index (κ2) is 7.53. The molecule has 0 radical (unpaired) electrons. The summed E-state index contributed by atoms with van der Waals surface area (Å²) in [6, 6.07) is 3.47. The third-order valence-corrected chi connectivity index (χ3v) is 4.40. The minimum atomic E-state index is -0.827. The van der Waals surface area contributed by atoms with Crippen molar-refractivity contribution in [3.8, 4) is 0 Å². The van der Waals surface area contributed by atoms with Gasteiger partial charge in [0.05, 0.1) is 25.7 Å². The summed E-state index contributed by atoms with van der Waals surface area (Å²) >= 11 is 1.46. The molecule has 0 spiro atoms. The Hall–Kier alpha value is -1.44. The van der Waals surface area contributed by atoms with Crippen molar-refractivity contribution in [3.05, 3.63) is 21.9 Å². The van der Waals surface area contributed by atoms with Gasteiger partial charge in [-0.1, -0.05) is 0 Å². The van der Waals surface area contributed by atoms with Gasteiger partial charge >= 0.3 is 5.97 Å². The van der Waals surface area contributed by atoms with Gasteiger partial charge in [0, 0.05) is 29.4 Å². The quantitative estimate of drug-likeness (QED) is 0.809. The highest BCUT2D eigenvalue weighted by atomic mass is 32.1. The molecule has 0 bridgehead atoms. The molecule has 1 fully saturated rings. The van der Waals surface area contributed by atoms with Gasteiger partial charge in [0.15, 0.2) is 0 Å². The molecular weight excluding hydrogens is 292 g/mol. The highest BCUT2D eigenvalue weighted by molar-refractivity contribution is 7.12. The zero-order chi connectivity index (χ0) is 15.2. The number of amides is 1. The van der Waals surface area contributed by atoms with E-state index >= 15 is 0 Å². The zero-order valence-corrected chi connectivity index (χ0v) is 12.8. The van der Waals surface area contributed by atoms with E-state index in [1.807, 2.05) is 24.0 Å². The van der Waals surface area contributed by atoms with Crippen LogP contribution in [0.1, 0.15) is 16.7 Å². The summed E-state index contributed by atoms with van der Waals surface area (Å²) in [7, 11) is 0. The first kappa shape index (κ1) is 15.9. The Morgan fingerprint density at radius 1 is 1.38 bits per heavy atom. The minimum Gasteiger partial charge on any atom is -0.481 e. The number of morpholine rings is 1. The third-order valence-electron chi connectivity index (χ3n) is 3.32. The predicted octanol–water partition coefficient (Wildman–Crippen LogP) is 0.712. The lowest BCUT2D eigenvalue weighted by molar-refractivity contribution is -0.137. The highest BCUT2D eigenvalue weighted by Crippen LogP contribution is 2.17. The molecule has 1 aliphatic rings. The molecule has 1 aromatic rings. The first-order chi connectivity index (χ1) is 10.1. The topological polar surface area (TPSA) is 78.9 Å². The largest absolute Gasteiger partial charge is 0.481 e. The molecule has 116 valence electrons. The second-order valence-electron chi connectivity index (χ2n) is 4.98. The molecule has 1 saturated heterocycles. The number of hydrogen-bond donors (Lipinski definition) is 2. The molecule has 2 N–H and O–H groups in total. The summed E-state index contributed by atoms with van der Waals surface area (Å²) in [4.78, 5) is 26.5. The number of carbonyl (C=O) groups excluding carboxylic acids is 1.